The van der Waals surface area contributed by atoms with E-state index < -0.39 is 16.6 Å². The summed E-state index contributed by atoms with van der Waals surface area (Å²) >= 11 is 0. The molecule has 0 aromatic heterocycles. The van der Waals surface area contributed by atoms with Gasteiger partial charge in [-0.15, -0.1) is 0 Å². The highest BCUT2D eigenvalue weighted by molar-refractivity contribution is 5.68. The first-order valence-electron chi connectivity index (χ1n) is 7.53. The largest absolute Gasteiger partial charge is 0.444 e. The van der Waals surface area contributed by atoms with Crippen LogP contribution in [-0.2, 0) is 4.74 Å². The van der Waals surface area contributed by atoms with E-state index in [9.17, 15) is 15.0 Å². The maximum absolute atomic E-state index is 12.2. The van der Waals surface area contributed by atoms with Crippen molar-refractivity contribution in [1.82, 2.24) is 4.90 Å². The first-order chi connectivity index (χ1) is 9.21. The minimum atomic E-state index is -0.977. The van der Waals surface area contributed by atoms with E-state index in [0.29, 0.717) is 13.0 Å². The van der Waals surface area contributed by atoms with Gasteiger partial charge in [-0.25, -0.2) is 4.79 Å². The van der Waals surface area contributed by atoms with Crippen molar-refractivity contribution in [2.45, 2.75) is 64.1 Å². The van der Waals surface area contributed by atoms with Gasteiger partial charge in [-0.05, 0) is 46.5 Å². The van der Waals surface area contributed by atoms with Gasteiger partial charge in [0.15, 0.2) is 0 Å². The van der Waals surface area contributed by atoms with Gasteiger partial charge in [0.2, 0.25) is 0 Å². The smallest absolute Gasteiger partial charge is 0.410 e. The predicted molar refractivity (Wildman–Crippen MR) is 75.4 cm³/mol. The van der Waals surface area contributed by atoms with Crippen molar-refractivity contribution in [2.75, 3.05) is 19.7 Å². The van der Waals surface area contributed by atoms with E-state index in [1.165, 1.54) is 0 Å². The summed E-state index contributed by atoms with van der Waals surface area (Å²) in [5.41, 5.74) is -1.93. The fourth-order valence-corrected chi connectivity index (χ4v) is 3.33. The lowest BCUT2D eigenvalue weighted by Gasteiger charge is -2.55. The molecule has 2 fully saturated rings. The van der Waals surface area contributed by atoms with E-state index in [4.69, 9.17) is 4.74 Å². The summed E-state index contributed by atoms with van der Waals surface area (Å²) in [6, 6.07) is 0. The molecule has 1 heterocycles. The summed E-state index contributed by atoms with van der Waals surface area (Å²) in [5, 5.41) is 20.6. The highest BCUT2D eigenvalue weighted by atomic mass is 16.6. The van der Waals surface area contributed by atoms with Gasteiger partial charge in [0.05, 0.1) is 18.8 Å². The predicted octanol–water partition coefficient (Wildman–Crippen LogP) is 1.91. The molecule has 0 aromatic rings. The Labute approximate surface area is 120 Å². The van der Waals surface area contributed by atoms with Crippen molar-refractivity contribution < 1.29 is 19.7 Å². The van der Waals surface area contributed by atoms with E-state index >= 15 is 0 Å². The topological polar surface area (TPSA) is 70.0 Å². The Balaban J connectivity index is 2.06. The minimum absolute atomic E-state index is 0.00828. The molecule has 2 N–H and O–H groups in total. The number of nitrogens with zero attached hydrogens (tertiary/aromatic N) is 1. The van der Waals surface area contributed by atoms with Crippen LogP contribution >= 0.6 is 0 Å². The Morgan fingerprint density at radius 2 is 1.90 bits per heavy atom. The molecular formula is C15H27NO4. The van der Waals surface area contributed by atoms with Crippen LogP contribution in [0.25, 0.3) is 0 Å². The highest BCUT2D eigenvalue weighted by Gasteiger charge is 2.55. The Morgan fingerprint density at radius 3 is 2.35 bits per heavy atom. The fraction of sp³-hybridized carbons (Fsp3) is 0.933. The van der Waals surface area contributed by atoms with Crippen molar-refractivity contribution in [3.05, 3.63) is 0 Å². The average molecular weight is 285 g/mol. The monoisotopic (exact) mass is 285 g/mol. The van der Waals surface area contributed by atoms with Crippen molar-refractivity contribution in [3.63, 3.8) is 0 Å². The van der Waals surface area contributed by atoms with Crippen LogP contribution in [0.15, 0.2) is 0 Å². The van der Waals surface area contributed by atoms with E-state index in [-0.39, 0.29) is 19.2 Å². The third-order valence-corrected chi connectivity index (χ3v) is 4.72. The second kappa shape index (κ2) is 5.19. The molecular weight excluding hydrogens is 258 g/mol. The van der Waals surface area contributed by atoms with Crippen LogP contribution < -0.4 is 0 Å². The summed E-state index contributed by atoms with van der Waals surface area (Å²) in [7, 11) is 0. The van der Waals surface area contributed by atoms with Crippen LogP contribution in [0.1, 0.15) is 52.9 Å². The van der Waals surface area contributed by atoms with E-state index in [0.717, 1.165) is 25.7 Å². The normalized spacial score (nSPS) is 29.8. The number of carbonyl (C=O) groups is 1. The van der Waals surface area contributed by atoms with Crippen molar-refractivity contribution >= 4 is 6.09 Å². The lowest BCUT2D eigenvalue weighted by molar-refractivity contribution is -0.176. The fourth-order valence-electron chi connectivity index (χ4n) is 3.33. The number of ether oxygens (including phenoxy) is 1. The van der Waals surface area contributed by atoms with Crippen LogP contribution in [-0.4, -0.2) is 52.1 Å². The van der Waals surface area contributed by atoms with Gasteiger partial charge in [0.1, 0.15) is 5.60 Å². The zero-order valence-corrected chi connectivity index (χ0v) is 12.8. The van der Waals surface area contributed by atoms with Gasteiger partial charge < -0.3 is 19.8 Å². The third kappa shape index (κ3) is 2.79. The lowest BCUT2D eigenvalue weighted by Crippen LogP contribution is -2.63. The lowest BCUT2D eigenvalue weighted by atomic mass is 9.57. The van der Waals surface area contributed by atoms with Crippen molar-refractivity contribution in [3.8, 4) is 0 Å². The second-order valence-electron chi connectivity index (χ2n) is 7.33. The molecule has 1 unspecified atom stereocenters. The quantitative estimate of drug-likeness (QED) is 0.813. The molecule has 0 radical (unpaired) electrons. The number of aliphatic hydroxyl groups excluding tert-OH is 1. The van der Waals surface area contributed by atoms with E-state index in [2.05, 4.69) is 0 Å². The Bertz CT molecular complexity index is 367. The van der Waals surface area contributed by atoms with Crippen molar-refractivity contribution in [2.24, 2.45) is 5.41 Å². The molecule has 116 valence electrons. The van der Waals surface area contributed by atoms with Crippen LogP contribution in [0, 0.1) is 5.41 Å². The zero-order valence-electron chi connectivity index (χ0n) is 12.8. The van der Waals surface area contributed by atoms with E-state index in [1.54, 1.807) is 4.90 Å². The molecule has 0 spiro atoms. The van der Waals surface area contributed by atoms with Crippen LogP contribution in [0.5, 0.6) is 0 Å². The Morgan fingerprint density at radius 1 is 1.25 bits per heavy atom. The minimum Gasteiger partial charge on any atom is -0.444 e. The molecule has 5 nitrogen and oxygen atoms in total. The Kier molecular flexibility index (Phi) is 4.04. The molecule has 0 aromatic carbocycles. The Hall–Kier alpha value is -0.810. The molecule has 1 aliphatic carbocycles. The summed E-state index contributed by atoms with van der Waals surface area (Å²) in [5.74, 6) is 0. The number of piperidine rings is 1. The van der Waals surface area contributed by atoms with Crippen LogP contribution in [0.4, 0.5) is 4.79 Å². The molecule has 20 heavy (non-hydrogen) atoms. The molecule has 1 aliphatic heterocycles. The number of likely N-dealkylation sites (tertiary alicyclic amines) is 1. The number of amides is 1. The SMILES string of the molecule is CC(C)(C)OC(=O)N1CCCC(O)(C2(CO)CCC2)C1. The number of rotatable bonds is 2. The standard InChI is InChI=1S/C15H27NO4/c1-13(2,3)20-12(18)16-9-5-8-15(19,10-16)14(11-17)6-4-7-14/h17,19H,4-11H2,1-3H3. The summed E-state index contributed by atoms with van der Waals surface area (Å²) in [6.45, 7) is 6.37. The molecule has 2 aliphatic rings. The molecule has 1 saturated heterocycles. The second-order valence-corrected chi connectivity index (χ2v) is 7.33. The van der Waals surface area contributed by atoms with Gasteiger partial charge in [0.25, 0.3) is 0 Å². The average Bonchev–Trinajstić information content (AvgIpc) is 2.25. The zero-order chi connectivity index (χ0) is 15.0. The molecule has 1 saturated carbocycles. The van der Waals surface area contributed by atoms with Gasteiger partial charge in [0, 0.05) is 12.0 Å². The number of aliphatic hydroxyl groups is 2. The number of hydrogen-bond donors (Lipinski definition) is 2. The first-order valence-corrected chi connectivity index (χ1v) is 7.53. The third-order valence-electron chi connectivity index (χ3n) is 4.72. The molecule has 1 amide bonds. The molecule has 2 rings (SSSR count). The highest BCUT2D eigenvalue weighted by Crippen LogP contribution is 2.52. The number of β-amino-alcohol motifs (C(OH)–C–C–N with tert-alkyl or cyclic N) is 1. The van der Waals surface area contributed by atoms with Gasteiger partial charge in [-0.1, -0.05) is 6.42 Å². The maximum atomic E-state index is 12.2. The summed E-state index contributed by atoms with van der Waals surface area (Å²) in [4.78, 5) is 13.7. The number of hydrogen-bond acceptors (Lipinski definition) is 4. The van der Waals surface area contributed by atoms with Crippen LogP contribution in [0.3, 0.4) is 0 Å². The van der Waals surface area contributed by atoms with Gasteiger partial charge in [-0.3, -0.25) is 0 Å². The summed E-state index contributed by atoms with van der Waals surface area (Å²) in [6.07, 6.45) is 3.73. The molecule has 0 bridgehead atoms. The first kappa shape index (κ1) is 15.6. The van der Waals surface area contributed by atoms with Crippen LogP contribution in [0.2, 0.25) is 0 Å². The van der Waals surface area contributed by atoms with Gasteiger partial charge in [-0.2, -0.15) is 0 Å². The number of carbonyl (C=O) groups excluding carboxylic acids is 1. The van der Waals surface area contributed by atoms with E-state index in [1.807, 2.05) is 20.8 Å². The molecule has 5 heteroatoms. The maximum Gasteiger partial charge on any atom is 0.410 e. The van der Waals surface area contributed by atoms with Gasteiger partial charge >= 0.3 is 6.09 Å². The van der Waals surface area contributed by atoms with Crippen molar-refractivity contribution in [1.29, 1.82) is 0 Å². The molecule has 1 atom stereocenters. The summed E-state index contributed by atoms with van der Waals surface area (Å²) < 4.78 is 5.38.